The second kappa shape index (κ2) is 4.62. The lowest BCUT2D eigenvalue weighted by molar-refractivity contribution is 0.122. The molecule has 1 aliphatic heterocycles. The van der Waals surface area contributed by atoms with E-state index in [0.717, 1.165) is 39.1 Å². The molecule has 0 amide bonds. The Kier molecular flexibility index (Phi) is 2.97. The summed E-state index contributed by atoms with van der Waals surface area (Å²) in [5, 5.41) is 9.33. The van der Waals surface area contributed by atoms with Crippen molar-refractivity contribution in [3.8, 4) is 6.07 Å². The molecule has 0 radical (unpaired) electrons. The van der Waals surface area contributed by atoms with Crippen LogP contribution in [0.3, 0.4) is 0 Å². The summed E-state index contributed by atoms with van der Waals surface area (Å²) in [5.74, 6) is 0. The number of anilines is 1. The molecule has 1 saturated carbocycles. The van der Waals surface area contributed by atoms with Gasteiger partial charge < -0.3 is 9.64 Å². The van der Waals surface area contributed by atoms with Crippen LogP contribution in [0.5, 0.6) is 0 Å². The van der Waals surface area contributed by atoms with Crippen LogP contribution in [-0.2, 0) is 10.2 Å². The van der Waals surface area contributed by atoms with E-state index in [-0.39, 0.29) is 5.41 Å². The zero-order valence-electron chi connectivity index (χ0n) is 10.6. The summed E-state index contributed by atoms with van der Waals surface area (Å²) >= 11 is 0. The largest absolute Gasteiger partial charge is 0.378 e. The summed E-state index contributed by atoms with van der Waals surface area (Å²) in [6, 6.07) is 11.1. The smallest absolute Gasteiger partial charge is 0.0822 e. The molecule has 3 rings (SSSR count). The molecule has 2 fully saturated rings. The van der Waals surface area contributed by atoms with Crippen molar-refractivity contribution < 1.29 is 4.74 Å². The Morgan fingerprint density at radius 2 is 1.78 bits per heavy atom. The summed E-state index contributed by atoms with van der Waals surface area (Å²) in [5.41, 5.74) is 2.24. The maximum Gasteiger partial charge on any atom is 0.0822 e. The summed E-state index contributed by atoms with van der Waals surface area (Å²) in [6.45, 7) is 3.54. The SMILES string of the molecule is N#CC1(c2ccc(N3CCOCC3)cc2)CCC1. The Balaban J connectivity index is 1.78. The first kappa shape index (κ1) is 11.6. The highest BCUT2D eigenvalue weighted by atomic mass is 16.5. The Labute approximate surface area is 108 Å². The molecule has 0 N–H and O–H groups in total. The summed E-state index contributed by atoms with van der Waals surface area (Å²) in [4.78, 5) is 2.34. The number of ether oxygens (including phenoxy) is 1. The average Bonchev–Trinajstić information content (AvgIpc) is 2.40. The van der Waals surface area contributed by atoms with Gasteiger partial charge in [-0.3, -0.25) is 0 Å². The molecule has 3 heteroatoms. The maximum atomic E-state index is 9.33. The van der Waals surface area contributed by atoms with Crippen molar-refractivity contribution in [3.63, 3.8) is 0 Å². The second-order valence-electron chi connectivity index (χ2n) is 5.19. The van der Waals surface area contributed by atoms with E-state index in [1.165, 1.54) is 17.7 Å². The zero-order valence-corrected chi connectivity index (χ0v) is 10.6. The number of hydrogen-bond acceptors (Lipinski definition) is 3. The molecule has 0 atom stereocenters. The van der Waals surface area contributed by atoms with Crippen LogP contribution in [-0.4, -0.2) is 26.3 Å². The van der Waals surface area contributed by atoms with Crippen LogP contribution in [0.4, 0.5) is 5.69 Å². The normalized spacial score (nSPS) is 22.1. The van der Waals surface area contributed by atoms with Crippen molar-refractivity contribution in [1.29, 1.82) is 5.26 Å². The number of benzene rings is 1. The van der Waals surface area contributed by atoms with E-state index in [9.17, 15) is 5.26 Å². The number of nitrogens with zero attached hydrogens (tertiary/aromatic N) is 2. The molecule has 2 aliphatic rings. The highest BCUT2D eigenvalue weighted by molar-refractivity contribution is 5.50. The summed E-state index contributed by atoms with van der Waals surface area (Å²) in [6.07, 6.45) is 3.21. The van der Waals surface area contributed by atoms with E-state index in [1.54, 1.807) is 0 Å². The first-order chi connectivity index (χ1) is 8.84. The molecule has 3 nitrogen and oxygen atoms in total. The Hall–Kier alpha value is -1.53. The monoisotopic (exact) mass is 242 g/mol. The van der Waals surface area contributed by atoms with Crippen molar-refractivity contribution in [1.82, 2.24) is 0 Å². The van der Waals surface area contributed by atoms with Crippen LogP contribution in [0.2, 0.25) is 0 Å². The van der Waals surface area contributed by atoms with Gasteiger partial charge in [-0.1, -0.05) is 12.1 Å². The Morgan fingerprint density at radius 1 is 1.11 bits per heavy atom. The molecule has 1 aliphatic carbocycles. The molecule has 0 bridgehead atoms. The predicted molar refractivity (Wildman–Crippen MR) is 70.6 cm³/mol. The minimum atomic E-state index is -0.191. The van der Waals surface area contributed by atoms with Gasteiger partial charge in [0.1, 0.15) is 0 Å². The average molecular weight is 242 g/mol. The fourth-order valence-corrected chi connectivity index (χ4v) is 2.81. The lowest BCUT2D eigenvalue weighted by Crippen LogP contribution is -2.36. The fraction of sp³-hybridized carbons (Fsp3) is 0.533. The van der Waals surface area contributed by atoms with Crippen LogP contribution >= 0.6 is 0 Å². The molecule has 0 aromatic heterocycles. The van der Waals surface area contributed by atoms with Gasteiger partial charge in [-0.15, -0.1) is 0 Å². The molecule has 0 spiro atoms. The number of hydrogen-bond donors (Lipinski definition) is 0. The van der Waals surface area contributed by atoms with Crippen molar-refractivity contribution in [2.45, 2.75) is 24.7 Å². The van der Waals surface area contributed by atoms with Gasteiger partial charge in [0.15, 0.2) is 0 Å². The van der Waals surface area contributed by atoms with Crippen molar-refractivity contribution in [2.24, 2.45) is 0 Å². The highest BCUT2D eigenvalue weighted by Crippen LogP contribution is 2.43. The van der Waals surface area contributed by atoms with Crippen molar-refractivity contribution in [2.75, 3.05) is 31.2 Å². The quantitative estimate of drug-likeness (QED) is 0.799. The van der Waals surface area contributed by atoms with Gasteiger partial charge in [-0.2, -0.15) is 5.26 Å². The van der Waals surface area contributed by atoms with Gasteiger partial charge >= 0.3 is 0 Å². The van der Waals surface area contributed by atoms with Gasteiger partial charge in [-0.05, 0) is 37.0 Å². The maximum absolute atomic E-state index is 9.33. The van der Waals surface area contributed by atoms with Gasteiger partial charge in [-0.25, -0.2) is 0 Å². The highest BCUT2D eigenvalue weighted by Gasteiger charge is 2.38. The fourth-order valence-electron chi connectivity index (χ4n) is 2.81. The molecule has 0 unspecified atom stereocenters. The van der Waals surface area contributed by atoms with E-state index in [0.29, 0.717) is 0 Å². The summed E-state index contributed by atoms with van der Waals surface area (Å²) < 4.78 is 5.36. The first-order valence-corrected chi connectivity index (χ1v) is 6.69. The topological polar surface area (TPSA) is 36.3 Å². The van der Waals surface area contributed by atoms with Crippen molar-refractivity contribution in [3.05, 3.63) is 29.8 Å². The Morgan fingerprint density at radius 3 is 2.28 bits per heavy atom. The minimum absolute atomic E-state index is 0.191. The zero-order chi connectivity index (χ0) is 12.4. The first-order valence-electron chi connectivity index (χ1n) is 6.69. The van der Waals surface area contributed by atoms with Gasteiger partial charge in [0.2, 0.25) is 0 Å². The third kappa shape index (κ3) is 1.87. The Bertz CT molecular complexity index is 450. The van der Waals surface area contributed by atoms with Crippen LogP contribution in [0.1, 0.15) is 24.8 Å². The van der Waals surface area contributed by atoms with Gasteiger partial charge in [0.25, 0.3) is 0 Å². The van der Waals surface area contributed by atoms with Crippen molar-refractivity contribution >= 4 is 5.69 Å². The number of nitriles is 1. The third-order valence-corrected chi connectivity index (χ3v) is 4.22. The molecule has 1 aromatic rings. The number of rotatable bonds is 2. The van der Waals surface area contributed by atoms with E-state index in [4.69, 9.17) is 4.74 Å². The lowest BCUT2D eigenvalue weighted by atomic mass is 9.65. The molecule has 1 aromatic carbocycles. The molecule has 94 valence electrons. The van der Waals surface area contributed by atoms with E-state index in [2.05, 4.69) is 35.2 Å². The molecule has 1 saturated heterocycles. The number of morpholine rings is 1. The van der Waals surface area contributed by atoms with E-state index in [1.807, 2.05) is 0 Å². The minimum Gasteiger partial charge on any atom is -0.378 e. The van der Waals surface area contributed by atoms with E-state index >= 15 is 0 Å². The molecule has 18 heavy (non-hydrogen) atoms. The lowest BCUT2D eigenvalue weighted by Gasteiger charge is -2.36. The third-order valence-electron chi connectivity index (χ3n) is 4.22. The van der Waals surface area contributed by atoms with Crippen LogP contribution in [0, 0.1) is 11.3 Å². The van der Waals surface area contributed by atoms with Gasteiger partial charge in [0, 0.05) is 18.8 Å². The molecular formula is C15H18N2O. The molecular weight excluding hydrogens is 224 g/mol. The van der Waals surface area contributed by atoms with Crippen LogP contribution in [0.25, 0.3) is 0 Å². The summed E-state index contributed by atoms with van der Waals surface area (Å²) in [7, 11) is 0. The second-order valence-corrected chi connectivity index (χ2v) is 5.19. The van der Waals surface area contributed by atoms with Crippen LogP contribution < -0.4 is 4.90 Å². The van der Waals surface area contributed by atoms with Crippen LogP contribution in [0.15, 0.2) is 24.3 Å². The van der Waals surface area contributed by atoms with E-state index < -0.39 is 0 Å². The predicted octanol–water partition coefficient (Wildman–Crippen LogP) is 2.47. The van der Waals surface area contributed by atoms with Gasteiger partial charge in [0.05, 0.1) is 24.7 Å². The standard InChI is InChI=1S/C15H18N2O/c16-12-15(6-1-7-15)13-2-4-14(5-3-13)17-8-10-18-11-9-17/h2-5H,1,6-11H2. The molecule has 1 heterocycles.